The number of benzene rings is 2. The number of ether oxygens (including phenoxy) is 1. The third kappa shape index (κ3) is 5.22. The van der Waals surface area contributed by atoms with Crippen LogP contribution in [0.3, 0.4) is 0 Å². The van der Waals surface area contributed by atoms with Crippen LogP contribution in [0.25, 0.3) is 16.6 Å². The highest BCUT2D eigenvalue weighted by atomic mass is 16.5. The molecule has 0 unspecified atom stereocenters. The van der Waals surface area contributed by atoms with E-state index in [4.69, 9.17) is 14.3 Å². The molecule has 5 aromatic rings. The van der Waals surface area contributed by atoms with E-state index in [1.165, 1.54) is 6.21 Å². The van der Waals surface area contributed by atoms with Gasteiger partial charge in [0.25, 0.3) is 0 Å². The monoisotopic (exact) mass is 510 g/mol. The summed E-state index contributed by atoms with van der Waals surface area (Å²) in [7, 11) is 0. The standard InChI is InChI=1S/C29H26N4O5/c1-19-7-8-20(2)33(19)22-9-11-23(12-10-22)37-18-24-13-14-27(38-24)29(36)31-30-15-21-16-32(17-28(34)35)26-6-4-3-5-25(21)26/h3-16H,17-18H2,1-2H3,(H,31,36)(H,34,35)/b30-15+. The molecule has 0 aliphatic carbocycles. The van der Waals surface area contributed by atoms with E-state index in [9.17, 15) is 9.59 Å². The number of hydrogen-bond acceptors (Lipinski definition) is 5. The van der Waals surface area contributed by atoms with Gasteiger partial charge in [-0.2, -0.15) is 5.10 Å². The van der Waals surface area contributed by atoms with Crippen molar-refractivity contribution < 1.29 is 23.8 Å². The molecule has 9 heteroatoms. The second-order valence-electron chi connectivity index (χ2n) is 8.82. The molecule has 0 atom stereocenters. The van der Waals surface area contributed by atoms with Gasteiger partial charge in [-0.3, -0.25) is 9.59 Å². The number of nitrogens with zero attached hydrogens (tertiary/aromatic N) is 3. The van der Waals surface area contributed by atoms with E-state index in [0.29, 0.717) is 17.1 Å². The Balaban J connectivity index is 1.18. The normalized spacial score (nSPS) is 11.3. The number of amides is 1. The molecule has 1 amide bonds. The maximum atomic E-state index is 12.5. The van der Waals surface area contributed by atoms with Crippen LogP contribution in [0.2, 0.25) is 0 Å². The number of aryl methyl sites for hydroxylation is 2. The zero-order valence-electron chi connectivity index (χ0n) is 20.9. The van der Waals surface area contributed by atoms with Gasteiger partial charge in [0, 0.05) is 39.7 Å². The van der Waals surface area contributed by atoms with Crippen molar-refractivity contribution in [3.63, 3.8) is 0 Å². The number of para-hydroxylation sites is 1. The molecule has 0 spiro atoms. The number of carbonyl (C=O) groups excluding carboxylic acids is 1. The molecule has 192 valence electrons. The predicted molar refractivity (Wildman–Crippen MR) is 143 cm³/mol. The molecule has 3 heterocycles. The Morgan fingerprint density at radius 2 is 1.74 bits per heavy atom. The molecule has 9 nitrogen and oxygen atoms in total. The minimum absolute atomic E-state index is 0.1000. The second-order valence-corrected chi connectivity index (χ2v) is 8.82. The molecule has 38 heavy (non-hydrogen) atoms. The number of carbonyl (C=O) groups is 2. The average Bonchev–Trinajstić information content (AvgIpc) is 3.61. The van der Waals surface area contributed by atoms with Crippen LogP contribution in [-0.2, 0) is 17.9 Å². The Bertz CT molecular complexity index is 1620. The van der Waals surface area contributed by atoms with E-state index in [1.807, 2.05) is 48.5 Å². The van der Waals surface area contributed by atoms with E-state index < -0.39 is 11.9 Å². The number of aliphatic carboxylic acids is 1. The van der Waals surface area contributed by atoms with Gasteiger partial charge >= 0.3 is 11.9 Å². The second kappa shape index (κ2) is 10.5. The maximum absolute atomic E-state index is 12.5. The van der Waals surface area contributed by atoms with Crippen LogP contribution in [0.1, 0.15) is 33.3 Å². The lowest BCUT2D eigenvalue weighted by Gasteiger charge is -2.10. The number of carboxylic acids is 1. The first-order valence-corrected chi connectivity index (χ1v) is 12.0. The van der Waals surface area contributed by atoms with Crippen LogP contribution in [0.15, 0.2) is 88.5 Å². The summed E-state index contributed by atoms with van der Waals surface area (Å²) < 4.78 is 15.2. The summed E-state index contributed by atoms with van der Waals surface area (Å²) in [6.45, 7) is 4.12. The van der Waals surface area contributed by atoms with Gasteiger partial charge in [-0.1, -0.05) is 18.2 Å². The molecule has 0 fully saturated rings. The van der Waals surface area contributed by atoms with E-state index in [-0.39, 0.29) is 18.9 Å². The lowest BCUT2D eigenvalue weighted by atomic mass is 10.2. The van der Waals surface area contributed by atoms with Crippen LogP contribution >= 0.6 is 0 Å². The van der Waals surface area contributed by atoms with E-state index in [2.05, 4.69) is 41.1 Å². The van der Waals surface area contributed by atoms with Gasteiger partial charge in [-0.15, -0.1) is 0 Å². The Morgan fingerprint density at radius 1 is 1.00 bits per heavy atom. The Labute approximate surface area is 218 Å². The van der Waals surface area contributed by atoms with Crippen molar-refractivity contribution in [1.29, 1.82) is 0 Å². The zero-order valence-corrected chi connectivity index (χ0v) is 20.9. The SMILES string of the molecule is Cc1ccc(C)n1-c1ccc(OCc2ccc(C(=O)N/N=C/c3cn(CC(=O)O)c4ccccc34)o2)cc1. The third-order valence-electron chi connectivity index (χ3n) is 6.13. The topological polar surface area (TPSA) is 111 Å². The maximum Gasteiger partial charge on any atom is 0.323 e. The third-order valence-corrected chi connectivity index (χ3v) is 6.13. The first-order chi connectivity index (χ1) is 18.4. The Kier molecular flexibility index (Phi) is 6.82. The fraction of sp³-hybridized carbons (Fsp3) is 0.138. The van der Waals surface area contributed by atoms with Gasteiger partial charge < -0.3 is 23.4 Å². The number of carboxylic acid groups (broad SMARTS) is 1. The molecule has 2 aromatic carbocycles. The average molecular weight is 511 g/mol. The number of hydrazone groups is 1. The van der Waals surface area contributed by atoms with E-state index in [1.54, 1.807) is 22.9 Å². The minimum Gasteiger partial charge on any atom is -0.486 e. The molecule has 0 radical (unpaired) electrons. The summed E-state index contributed by atoms with van der Waals surface area (Å²) in [4.78, 5) is 23.7. The van der Waals surface area contributed by atoms with Crippen molar-refractivity contribution >= 4 is 29.0 Å². The van der Waals surface area contributed by atoms with Crippen LogP contribution in [-0.4, -0.2) is 32.3 Å². The number of furan rings is 1. The molecule has 0 aliphatic rings. The summed E-state index contributed by atoms with van der Waals surface area (Å²) in [6.07, 6.45) is 3.16. The number of fused-ring (bicyclic) bond motifs is 1. The summed E-state index contributed by atoms with van der Waals surface area (Å²) in [6, 6.07) is 22.6. The number of hydrogen-bond donors (Lipinski definition) is 2. The van der Waals surface area contributed by atoms with Gasteiger partial charge in [0.1, 0.15) is 24.7 Å². The Hall–Kier alpha value is -5.05. The highest BCUT2D eigenvalue weighted by Crippen LogP contribution is 2.22. The van der Waals surface area contributed by atoms with Crippen molar-refractivity contribution in [3.8, 4) is 11.4 Å². The predicted octanol–water partition coefficient (Wildman–Crippen LogP) is 5.07. The highest BCUT2D eigenvalue weighted by Gasteiger charge is 2.12. The van der Waals surface area contributed by atoms with Crippen molar-refractivity contribution in [2.24, 2.45) is 5.10 Å². The minimum atomic E-state index is -0.945. The van der Waals surface area contributed by atoms with Crippen LogP contribution in [0, 0.1) is 13.8 Å². The van der Waals surface area contributed by atoms with Crippen molar-refractivity contribution in [2.75, 3.05) is 0 Å². The molecule has 3 aromatic heterocycles. The first kappa shape index (κ1) is 24.6. The molecule has 0 bridgehead atoms. The summed E-state index contributed by atoms with van der Waals surface area (Å²) >= 11 is 0. The molecular formula is C29H26N4O5. The van der Waals surface area contributed by atoms with Crippen LogP contribution in [0.4, 0.5) is 0 Å². The molecule has 0 saturated carbocycles. The van der Waals surface area contributed by atoms with Crippen molar-refractivity contribution in [3.05, 3.63) is 107 Å². The zero-order chi connectivity index (χ0) is 26.6. The van der Waals surface area contributed by atoms with E-state index in [0.717, 1.165) is 28.0 Å². The van der Waals surface area contributed by atoms with Crippen LogP contribution < -0.4 is 10.2 Å². The number of rotatable bonds is 9. The van der Waals surface area contributed by atoms with Crippen molar-refractivity contribution in [1.82, 2.24) is 14.6 Å². The van der Waals surface area contributed by atoms with Gasteiger partial charge in [0.15, 0.2) is 5.76 Å². The molecular weight excluding hydrogens is 484 g/mol. The quantitative estimate of drug-likeness (QED) is 0.212. The van der Waals surface area contributed by atoms with Gasteiger partial charge in [0.05, 0.1) is 6.21 Å². The fourth-order valence-corrected chi connectivity index (χ4v) is 4.37. The highest BCUT2D eigenvalue weighted by molar-refractivity contribution is 6.00. The molecule has 2 N–H and O–H groups in total. The van der Waals surface area contributed by atoms with E-state index >= 15 is 0 Å². The van der Waals surface area contributed by atoms with Gasteiger partial charge in [-0.25, -0.2) is 5.43 Å². The molecule has 5 rings (SSSR count). The summed E-state index contributed by atoms with van der Waals surface area (Å²) in [5.41, 5.74) is 7.27. The van der Waals surface area contributed by atoms with Gasteiger partial charge in [0.2, 0.25) is 0 Å². The number of nitrogens with one attached hydrogen (secondary N) is 1. The lowest BCUT2D eigenvalue weighted by Crippen LogP contribution is -2.16. The smallest absolute Gasteiger partial charge is 0.323 e. The van der Waals surface area contributed by atoms with Crippen LogP contribution in [0.5, 0.6) is 5.75 Å². The largest absolute Gasteiger partial charge is 0.486 e. The molecule has 0 aliphatic heterocycles. The first-order valence-electron chi connectivity index (χ1n) is 12.0. The fourth-order valence-electron chi connectivity index (χ4n) is 4.37. The summed E-state index contributed by atoms with van der Waals surface area (Å²) in [5, 5.41) is 14.0. The lowest BCUT2D eigenvalue weighted by molar-refractivity contribution is -0.137. The molecule has 0 saturated heterocycles. The Morgan fingerprint density at radius 3 is 2.47 bits per heavy atom. The van der Waals surface area contributed by atoms with Crippen molar-refractivity contribution in [2.45, 2.75) is 27.0 Å². The van der Waals surface area contributed by atoms with Gasteiger partial charge in [-0.05, 0) is 68.4 Å². The number of aromatic nitrogens is 2. The summed E-state index contributed by atoms with van der Waals surface area (Å²) in [5.74, 6) is -0.173.